The van der Waals surface area contributed by atoms with Crippen molar-refractivity contribution < 1.29 is 9.84 Å². The molecule has 1 aromatic carbocycles. The summed E-state index contributed by atoms with van der Waals surface area (Å²) in [6, 6.07) is 10.3. The highest BCUT2D eigenvalue weighted by atomic mass is 16.5. The molecule has 0 aliphatic carbocycles. The van der Waals surface area contributed by atoms with Gasteiger partial charge in [-0.3, -0.25) is 0 Å². The first-order valence-corrected chi connectivity index (χ1v) is 6.12. The molecular weight excluding hydrogens is 200 g/mol. The Bertz CT molecular complexity index is 259. The highest BCUT2D eigenvalue weighted by Crippen LogP contribution is 2.08. The lowest BCUT2D eigenvalue weighted by Crippen LogP contribution is -2.09. The minimum atomic E-state index is -0.194. The Morgan fingerprint density at radius 3 is 2.62 bits per heavy atom. The van der Waals surface area contributed by atoms with Gasteiger partial charge in [0, 0.05) is 13.2 Å². The third kappa shape index (κ3) is 5.89. The van der Waals surface area contributed by atoms with Gasteiger partial charge < -0.3 is 9.84 Å². The zero-order valence-corrected chi connectivity index (χ0v) is 10.1. The molecule has 0 saturated heterocycles. The molecule has 0 aromatic heterocycles. The Hall–Kier alpha value is -0.860. The van der Waals surface area contributed by atoms with Gasteiger partial charge in [-0.15, -0.1) is 0 Å². The fraction of sp³-hybridized carbons (Fsp3) is 0.571. The van der Waals surface area contributed by atoms with Gasteiger partial charge in [0.1, 0.15) is 0 Å². The number of hydrogen-bond acceptors (Lipinski definition) is 2. The van der Waals surface area contributed by atoms with Crippen LogP contribution < -0.4 is 0 Å². The number of hydrogen-bond donors (Lipinski definition) is 1. The van der Waals surface area contributed by atoms with Crippen LogP contribution in [0, 0.1) is 0 Å². The van der Waals surface area contributed by atoms with E-state index in [1.807, 2.05) is 25.1 Å². The quantitative estimate of drug-likeness (QED) is 0.685. The van der Waals surface area contributed by atoms with Crippen molar-refractivity contribution in [1.29, 1.82) is 0 Å². The summed E-state index contributed by atoms with van der Waals surface area (Å²) in [6.45, 7) is 3.52. The second-order valence-corrected chi connectivity index (χ2v) is 4.02. The highest BCUT2D eigenvalue weighted by Gasteiger charge is 2.04. The second kappa shape index (κ2) is 8.31. The van der Waals surface area contributed by atoms with Gasteiger partial charge in [0.15, 0.2) is 0 Å². The van der Waals surface area contributed by atoms with Gasteiger partial charge in [0.25, 0.3) is 0 Å². The van der Waals surface area contributed by atoms with Crippen LogP contribution in [0.15, 0.2) is 30.3 Å². The summed E-state index contributed by atoms with van der Waals surface area (Å²) in [5, 5.41) is 9.75. The average Bonchev–Trinajstić information content (AvgIpc) is 2.33. The molecule has 0 bridgehead atoms. The average molecular weight is 222 g/mol. The smallest absolute Gasteiger partial charge is 0.0544 e. The van der Waals surface area contributed by atoms with E-state index in [0.29, 0.717) is 0 Å². The van der Waals surface area contributed by atoms with Crippen molar-refractivity contribution in [3.8, 4) is 0 Å². The van der Waals surface area contributed by atoms with E-state index in [-0.39, 0.29) is 6.10 Å². The van der Waals surface area contributed by atoms with E-state index in [9.17, 15) is 5.11 Å². The van der Waals surface area contributed by atoms with Crippen molar-refractivity contribution in [3.05, 3.63) is 35.9 Å². The minimum Gasteiger partial charge on any atom is -0.393 e. The van der Waals surface area contributed by atoms with Crippen molar-refractivity contribution in [2.24, 2.45) is 0 Å². The summed E-state index contributed by atoms with van der Waals surface area (Å²) in [6.07, 6.45) is 3.39. The topological polar surface area (TPSA) is 29.5 Å². The van der Waals surface area contributed by atoms with Crippen LogP contribution in [0.1, 0.15) is 31.7 Å². The molecule has 90 valence electrons. The van der Waals surface area contributed by atoms with Gasteiger partial charge >= 0.3 is 0 Å². The van der Waals surface area contributed by atoms with Crippen molar-refractivity contribution in [3.63, 3.8) is 0 Å². The summed E-state index contributed by atoms with van der Waals surface area (Å²) < 4.78 is 5.24. The van der Waals surface area contributed by atoms with Crippen LogP contribution in [0.3, 0.4) is 0 Å². The molecule has 0 fully saturated rings. The van der Waals surface area contributed by atoms with Crippen LogP contribution in [-0.2, 0) is 11.2 Å². The van der Waals surface area contributed by atoms with Crippen molar-refractivity contribution in [1.82, 2.24) is 0 Å². The van der Waals surface area contributed by atoms with Crippen LogP contribution >= 0.6 is 0 Å². The second-order valence-electron chi connectivity index (χ2n) is 4.02. The molecule has 16 heavy (non-hydrogen) atoms. The zero-order valence-electron chi connectivity index (χ0n) is 10.1. The Labute approximate surface area is 98.3 Å². The molecule has 1 unspecified atom stereocenters. The third-order valence-electron chi connectivity index (χ3n) is 2.64. The molecule has 0 saturated carbocycles. The zero-order chi connectivity index (χ0) is 11.6. The van der Waals surface area contributed by atoms with Gasteiger partial charge in [-0.25, -0.2) is 0 Å². The molecule has 0 aliphatic heterocycles. The maximum atomic E-state index is 9.75. The number of aliphatic hydroxyl groups excluding tert-OH is 1. The summed E-state index contributed by atoms with van der Waals surface area (Å²) in [5.74, 6) is 0. The largest absolute Gasteiger partial charge is 0.393 e. The molecule has 0 heterocycles. The van der Waals surface area contributed by atoms with Gasteiger partial charge in [0.05, 0.1) is 6.10 Å². The Morgan fingerprint density at radius 1 is 1.19 bits per heavy atom. The molecule has 1 aromatic rings. The van der Waals surface area contributed by atoms with E-state index in [2.05, 4.69) is 12.1 Å². The van der Waals surface area contributed by atoms with Crippen molar-refractivity contribution in [2.75, 3.05) is 13.2 Å². The van der Waals surface area contributed by atoms with E-state index in [1.165, 1.54) is 5.56 Å². The number of rotatable bonds is 8. The fourth-order valence-corrected chi connectivity index (χ4v) is 1.69. The lowest BCUT2D eigenvalue weighted by molar-refractivity contribution is 0.110. The van der Waals surface area contributed by atoms with Crippen molar-refractivity contribution >= 4 is 0 Å². The van der Waals surface area contributed by atoms with Gasteiger partial charge in [-0.2, -0.15) is 0 Å². The Kier molecular flexibility index (Phi) is 6.86. The van der Waals surface area contributed by atoms with E-state index in [1.54, 1.807) is 0 Å². The van der Waals surface area contributed by atoms with Gasteiger partial charge in [-0.1, -0.05) is 30.3 Å². The predicted octanol–water partition coefficient (Wildman–Crippen LogP) is 2.80. The summed E-state index contributed by atoms with van der Waals surface area (Å²) in [4.78, 5) is 0. The molecule has 1 atom stereocenters. The molecule has 0 amide bonds. The normalized spacial score (nSPS) is 12.6. The maximum absolute atomic E-state index is 9.75. The first kappa shape index (κ1) is 13.2. The first-order valence-electron chi connectivity index (χ1n) is 6.12. The molecule has 0 spiro atoms. The van der Waals surface area contributed by atoms with E-state index in [0.717, 1.165) is 38.9 Å². The molecule has 1 rings (SSSR count). The molecule has 0 aliphatic rings. The third-order valence-corrected chi connectivity index (χ3v) is 2.64. The number of aliphatic hydroxyl groups is 1. The lowest BCUT2D eigenvalue weighted by atomic mass is 10.0. The number of aryl methyl sites for hydroxylation is 1. The highest BCUT2D eigenvalue weighted by molar-refractivity contribution is 5.14. The Balaban J connectivity index is 2.08. The summed E-state index contributed by atoms with van der Waals surface area (Å²) >= 11 is 0. The number of benzene rings is 1. The predicted molar refractivity (Wildman–Crippen MR) is 66.5 cm³/mol. The lowest BCUT2D eigenvalue weighted by Gasteiger charge is -2.10. The SMILES string of the molecule is CCOCCCC(O)CCc1ccccc1. The van der Waals surface area contributed by atoms with E-state index >= 15 is 0 Å². The van der Waals surface area contributed by atoms with Crippen LogP contribution in [-0.4, -0.2) is 24.4 Å². The van der Waals surface area contributed by atoms with Crippen LogP contribution in [0.4, 0.5) is 0 Å². The van der Waals surface area contributed by atoms with Crippen molar-refractivity contribution in [2.45, 2.75) is 38.7 Å². The summed E-state index contributed by atoms with van der Waals surface area (Å²) in [7, 11) is 0. The van der Waals surface area contributed by atoms with Crippen LogP contribution in [0.5, 0.6) is 0 Å². The van der Waals surface area contributed by atoms with Crippen LogP contribution in [0.2, 0.25) is 0 Å². The number of ether oxygens (including phenoxy) is 1. The molecule has 2 nitrogen and oxygen atoms in total. The van der Waals surface area contributed by atoms with E-state index in [4.69, 9.17) is 4.74 Å². The minimum absolute atomic E-state index is 0.194. The summed E-state index contributed by atoms with van der Waals surface area (Å²) in [5.41, 5.74) is 1.30. The monoisotopic (exact) mass is 222 g/mol. The standard InChI is InChI=1S/C14H22O2/c1-2-16-12-6-9-14(15)11-10-13-7-4-3-5-8-13/h3-5,7-8,14-15H,2,6,9-12H2,1H3. The van der Waals surface area contributed by atoms with Crippen LogP contribution in [0.25, 0.3) is 0 Å². The van der Waals surface area contributed by atoms with E-state index < -0.39 is 0 Å². The fourth-order valence-electron chi connectivity index (χ4n) is 1.69. The van der Waals surface area contributed by atoms with Gasteiger partial charge in [-0.05, 0) is 38.2 Å². The molecule has 2 heteroatoms. The maximum Gasteiger partial charge on any atom is 0.0544 e. The Morgan fingerprint density at radius 2 is 1.94 bits per heavy atom. The molecule has 1 N–H and O–H groups in total. The van der Waals surface area contributed by atoms with Gasteiger partial charge in [0.2, 0.25) is 0 Å². The first-order chi connectivity index (χ1) is 7.83. The molecular formula is C14H22O2. The molecule has 0 radical (unpaired) electrons.